The van der Waals surface area contributed by atoms with Gasteiger partial charge in [0.1, 0.15) is 11.9 Å². The van der Waals surface area contributed by atoms with E-state index in [1.807, 2.05) is 30.3 Å². The standard InChI is InChI=1S/C16H14ClN3O2S/c17-15(23(21,22)13-9-5-2-6-10-13)14-11-18-20-16(19-14)12-7-3-1-4-8-12/h1-11,14-15H,(H,19,20). The van der Waals surface area contributed by atoms with E-state index in [9.17, 15) is 8.42 Å². The Bertz CT molecular complexity index is 836. The van der Waals surface area contributed by atoms with E-state index in [0.29, 0.717) is 5.84 Å². The first kappa shape index (κ1) is 15.7. The van der Waals surface area contributed by atoms with Crippen molar-refractivity contribution in [3.05, 3.63) is 66.2 Å². The fraction of sp³-hybridized carbons (Fsp3) is 0.125. The average Bonchev–Trinajstić information content (AvgIpc) is 2.62. The highest BCUT2D eigenvalue weighted by Gasteiger charge is 2.33. The van der Waals surface area contributed by atoms with Crippen LogP contribution in [-0.4, -0.2) is 31.2 Å². The van der Waals surface area contributed by atoms with Gasteiger partial charge in [-0.25, -0.2) is 8.42 Å². The van der Waals surface area contributed by atoms with Gasteiger partial charge in [-0.05, 0) is 12.1 Å². The molecule has 0 aliphatic carbocycles. The van der Waals surface area contributed by atoms with Crippen molar-refractivity contribution >= 4 is 33.5 Å². The molecule has 0 saturated heterocycles. The van der Waals surface area contributed by atoms with Gasteiger partial charge < -0.3 is 0 Å². The number of halogens is 1. The summed E-state index contributed by atoms with van der Waals surface area (Å²) < 4.78 is 24.0. The van der Waals surface area contributed by atoms with Gasteiger partial charge in [-0.15, -0.1) is 11.6 Å². The Kier molecular flexibility index (Phi) is 4.45. The maximum Gasteiger partial charge on any atom is 0.197 e. The molecular formula is C16H14ClN3O2S. The predicted molar refractivity (Wildman–Crippen MR) is 91.7 cm³/mol. The van der Waals surface area contributed by atoms with Crippen LogP contribution in [0.3, 0.4) is 0 Å². The minimum atomic E-state index is -3.70. The Labute approximate surface area is 139 Å². The zero-order valence-corrected chi connectivity index (χ0v) is 13.6. The van der Waals surface area contributed by atoms with Crippen LogP contribution < -0.4 is 5.43 Å². The van der Waals surface area contributed by atoms with Gasteiger partial charge >= 0.3 is 0 Å². The maximum absolute atomic E-state index is 12.6. The zero-order chi connectivity index (χ0) is 16.3. The summed E-state index contributed by atoms with van der Waals surface area (Å²) in [5.41, 5.74) is 3.59. The van der Waals surface area contributed by atoms with Crippen molar-refractivity contribution in [1.29, 1.82) is 0 Å². The summed E-state index contributed by atoms with van der Waals surface area (Å²) in [5.74, 6) is 0.493. The van der Waals surface area contributed by atoms with Gasteiger partial charge in [-0.2, -0.15) is 5.10 Å². The summed E-state index contributed by atoms with van der Waals surface area (Å²) in [7, 11) is -3.70. The third-order valence-corrected chi connectivity index (χ3v) is 6.12. The highest BCUT2D eigenvalue weighted by atomic mass is 35.5. The minimum absolute atomic E-state index is 0.170. The second-order valence-electron chi connectivity index (χ2n) is 4.93. The smallest absolute Gasteiger partial charge is 0.197 e. The Balaban J connectivity index is 1.90. The van der Waals surface area contributed by atoms with Crippen LogP contribution in [-0.2, 0) is 9.84 Å². The minimum Gasteiger partial charge on any atom is -0.261 e. The lowest BCUT2D eigenvalue weighted by Gasteiger charge is -2.20. The van der Waals surface area contributed by atoms with Gasteiger partial charge in [0.05, 0.1) is 11.1 Å². The van der Waals surface area contributed by atoms with Crippen LogP contribution >= 0.6 is 11.6 Å². The van der Waals surface area contributed by atoms with Crippen molar-refractivity contribution in [2.75, 3.05) is 0 Å². The molecule has 2 unspecified atom stereocenters. The molecule has 5 nitrogen and oxygen atoms in total. The number of hydrazone groups is 1. The number of hydrogen-bond donors (Lipinski definition) is 1. The SMILES string of the molecule is O=S(=O)(c1ccccc1)C(Cl)C1C=NNC(c2ccccc2)=N1. The predicted octanol–water partition coefficient (Wildman–Crippen LogP) is 2.43. The molecule has 118 valence electrons. The Morgan fingerprint density at radius 3 is 2.26 bits per heavy atom. The molecule has 7 heteroatoms. The van der Waals surface area contributed by atoms with Crippen molar-refractivity contribution in [2.24, 2.45) is 10.1 Å². The highest BCUT2D eigenvalue weighted by molar-refractivity contribution is 7.93. The number of sulfone groups is 1. The lowest BCUT2D eigenvalue weighted by Crippen LogP contribution is -2.36. The topological polar surface area (TPSA) is 70.9 Å². The number of rotatable bonds is 4. The zero-order valence-electron chi connectivity index (χ0n) is 12.0. The third kappa shape index (κ3) is 3.28. The van der Waals surface area contributed by atoms with Gasteiger partial charge in [0.2, 0.25) is 0 Å². The molecular weight excluding hydrogens is 334 g/mol. The first-order valence-corrected chi connectivity index (χ1v) is 8.93. The van der Waals surface area contributed by atoms with E-state index in [1.165, 1.54) is 18.3 Å². The first-order valence-electron chi connectivity index (χ1n) is 6.94. The van der Waals surface area contributed by atoms with E-state index in [2.05, 4.69) is 15.5 Å². The number of nitrogens with zero attached hydrogens (tertiary/aromatic N) is 2. The van der Waals surface area contributed by atoms with Crippen molar-refractivity contribution in [3.63, 3.8) is 0 Å². The first-order chi connectivity index (χ1) is 11.1. The van der Waals surface area contributed by atoms with E-state index in [0.717, 1.165) is 5.56 Å². The number of amidine groups is 1. The summed E-state index contributed by atoms with van der Waals surface area (Å²) in [5, 5.41) is 3.99. The average molecular weight is 348 g/mol. The summed E-state index contributed by atoms with van der Waals surface area (Å²) in [6.45, 7) is 0. The summed E-state index contributed by atoms with van der Waals surface area (Å²) in [6.07, 6.45) is 1.41. The van der Waals surface area contributed by atoms with Crippen LogP contribution in [0, 0.1) is 0 Å². The highest BCUT2D eigenvalue weighted by Crippen LogP contribution is 2.23. The van der Waals surface area contributed by atoms with E-state index in [1.54, 1.807) is 18.2 Å². The molecule has 1 aliphatic heterocycles. The summed E-state index contributed by atoms with van der Waals surface area (Å²) >= 11 is 6.22. The van der Waals surface area contributed by atoms with E-state index in [4.69, 9.17) is 11.6 Å². The van der Waals surface area contributed by atoms with Crippen LogP contribution in [0.25, 0.3) is 0 Å². The number of benzene rings is 2. The molecule has 1 aliphatic rings. The van der Waals surface area contributed by atoms with E-state index < -0.39 is 20.6 Å². The quantitative estimate of drug-likeness (QED) is 0.863. The van der Waals surface area contributed by atoms with Crippen molar-refractivity contribution in [2.45, 2.75) is 15.6 Å². The molecule has 2 atom stereocenters. The lowest BCUT2D eigenvalue weighted by molar-refractivity contribution is 0.589. The maximum atomic E-state index is 12.6. The number of aliphatic imine (C=N–C) groups is 1. The van der Waals surface area contributed by atoms with Crippen molar-refractivity contribution < 1.29 is 8.42 Å². The Hall–Kier alpha value is -2.18. The fourth-order valence-corrected chi connectivity index (χ4v) is 3.90. The Morgan fingerprint density at radius 2 is 1.61 bits per heavy atom. The Morgan fingerprint density at radius 1 is 1.00 bits per heavy atom. The lowest BCUT2D eigenvalue weighted by atomic mass is 10.2. The van der Waals surface area contributed by atoms with Crippen LogP contribution in [0.1, 0.15) is 5.56 Å². The van der Waals surface area contributed by atoms with Crippen LogP contribution in [0.2, 0.25) is 0 Å². The molecule has 2 aromatic rings. The second-order valence-corrected chi connectivity index (χ2v) is 7.73. The van der Waals surface area contributed by atoms with E-state index in [-0.39, 0.29) is 4.90 Å². The third-order valence-electron chi connectivity index (χ3n) is 3.36. The summed E-state index contributed by atoms with van der Waals surface area (Å²) in [6, 6.07) is 16.7. The van der Waals surface area contributed by atoms with Crippen LogP contribution in [0.4, 0.5) is 0 Å². The molecule has 0 radical (unpaired) electrons. The molecule has 2 aromatic carbocycles. The largest absolute Gasteiger partial charge is 0.261 e. The van der Waals surface area contributed by atoms with Gasteiger partial charge in [0.15, 0.2) is 14.5 Å². The molecule has 0 fully saturated rings. The molecule has 3 rings (SSSR count). The van der Waals surface area contributed by atoms with Gasteiger partial charge in [-0.3, -0.25) is 10.4 Å². The van der Waals surface area contributed by atoms with Gasteiger partial charge in [-0.1, -0.05) is 48.5 Å². The van der Waals surface area contributed by atoms with E-state index >= 15 is 0 Å². The molecule has 23 heavy (non-hydrogen) atoms. The van der Waals surface area contributed by atoms with Gasteiger partial charge in [0, 0.05) is 5.56 Å². The molecule has 0 amide bonds. The molecule has 0 saturated carbocycles. The molecule has 1 N–H and O–H groups in total. The molecule has 0 spiro atoms. The van der Waals surface area contributed by atoms with Crippen molar-refractivity contribution in [3.8, 4) is 0 Å². The van der Waals surface area contributed by atoms with Crippen molar-refractivity contribution in [1.82, 2.24) is 5.43 Å². The molecule has 0 bridgehead atoms. The molecule has 1 heterocycles. The van der Waals surface area contributed by atoms with Gasteiger partial charge in [0.25, 0.3) is 0 Å². The molecule has 0 aromatic heterocycles. The normalized spacial score (nSPS) is 18.8. The number of alkyl halides is 1. The fourth-order valence-electron chi connectivity index (χ4n) is 2.17. The monoisotopic (exact) mass is 347 g/mol. The van der Waals surface area contributed by atoms with Crippen LogP contribution in [0.5, 0.6) is 0 Å². The number of nitrogens with one attached hydrogen (secondary N) is 1. The summed E-state index contributed by atoms with van der Waals surface area (Å²) in [4.78, 5) is 4.56. The second kappa shape index (κ2) is 6.52. The number of hydrogen-bond acceptors (Lipinski definition) is 5. The van der Waals surface area contributed by atoms with Crippen LogP contribution in [0.15, 0.2) is 75.7 Å².